The normalized spacial score (nSPS) is 10.5. The van der Waals surface area contributed by atoms with Crippen LogP contribution in [0, 0.1) is 0 Å². The number of thiazole rings is 1. The van der Waals surface area contributed by atoms with Crippen molar-refractivity contribution < 1.29 is 4.74 Å². The van der Waals surface area contributed by atoms with Crippen LogP contribution in [0.5, 0.6) is 5.19 Å². The fraction of sp³-hybridized carbons (Fsp3) is 0.308. The predicted molar refractivity (Wildman–Crippen MR) is 75.4 cm³/mol. The molecule has 0 atom stereocenters. The van der Waals surface area contributed by atoms with Crippen molar-refractivity contribution in [1.29, 1.82) is 0 Å². The van der Waals surface area contributed by atoms with Gasteiger partial charge in [-0.05, 0) is 18.5 Å². The quantitative estimate of drug-likeness (QED) is 0.791. The van der Waals surface area contributed by atoms with E-state index in [1.54, 1.807) is 5.38 Å². The molecule has 1 aromatic heterocycles. The van der Waals surface area contributed by atoms with Gasteiger partial charge in [0.2, 0.25) is 0 Å². The van der Waals surface area contributed by atoms with E-state index >= 15 is 0 Å². The summed E-state index contributed by atoms with van der Waals surface area (Å²) >= 11 is 7.12. The van der Waals surface area contributed by atoms with E-state index in [-0.39, 0.29) is 0 Å². The molecule has 5 heteroatoms. The highest BCUT2D eigenvalue weighted by molar-refractivity contribution is 7.11. The lowest BCUT2D eigenvalue weighted by Crippen LogP contribution is -2.16. The minimum atomic E-state index is 0.497. The van der Waals surface area contributed by atoms with Crippen LogP contribution in [0.2, 0.25) is 5.15 Å². The third-order valence-electron chi connectivity index (χ3n) is 2.35. The SMILES string of the molecule is Clc1csc(OCCCNCc2ccccc2)n1. The van der Waals surface area contributed by atoms with Crippen molar-refractivity contribution in [3.8, 4) is 5.19 Å². The first-order chi connectivity index (χ1) is 8.84. The third-order valence-corrected chi connectivity index (χ3v) is 3.43. The lowest BCUT2D eigenvalue weighted by Gasteiger charge is -2.05. The van der Waals surface area contributed by atoms with E-state index in [9.17, 15) is 0 Å². The monoisotopic (exact) mass is 282 g/mol. The molecular weight excluding hydrogens is 268 g/mol. The number of benzene rings is 1. The second-order valence-electron chi connectivity index (χ2n) is 3.80. The minimum absolute atomic E-state index is 0.497. The highest BCUT2D eigenvalue weighted by atomic mass is 35.5. The largest absolute Gasteiger partial charge is 0.470 e. The second kappa shape index (κ2) is 7.36. The molecule has 1 heterocycles. The molecule has 1 N–H and O–H groups in total. The first kappa shape index (κ1) is 13.3. The molecule has 0 unspecified atom stereocenters. The van der Waals surface area contributed by atoms with Crippen molar-refractivity contribution in [2.75, 3.05) is 13.2 Å². The van der Waals surface area contributed by atoms with Crippen LogP contribution in [0.4, 0.5) is 0 Å². The molecule has 0 aliphatic carbocycles. The van der Waals surface area contributed by atoms with Crippen molar-refractivity contribution >= 4 is 22.9 Å². The van der Waals surface area contributed by atoms with Crippen LogP contribution in [0.25, 0.3) is 0 Å². The Morgan fingerprint density at radius 1 is 1.28 bits per heavy atom. The molecule has 96 valence electrons. The number of rotatable bonds is 7. The van der Waals surface area contributed by atoms with Crippen molar-refractivity contribution in [1.82, 2.24) is 10.3 Å². The fourth-order valence-electron chi connectivity index (χ4n) is 1.49. The number of aromatic nitrogens is 1. The Morgan fingerprint density at radius 3 is 2.83 bits per heavy atom. The molecule has 0 fully saturated rings. The van der Waals surface area contributed by atoms with Gasteiger partial charge in [0, 0.05) is 11.9 Å². The summed E-state index contributed by atoms with van der Waals surface area (Å²) in [6.45, 7) is 2.48. The van der Waals surface area contributed by atoms with E-state index in [0.29, 0.717) is 17.0 Å². The highest BCUT2D eigenvalue weighted by Gasteiger charge is 1.99. The van der Waals surface area contributed by atoms with Gasteiger partial charge in [-0.15, -0.1) is 0 Å². The number of nitrogens with zero attached hydrogens (tertiary/aromatic N) is 1. The van der Waals surface area contributed by atoms with Gasteiger partial charge in [-0.2, -0.15) is 4.98 Å². The van der Waals surface area contributed by atoms with Crippen molar-refractivity contribution in [2.45, 2.75) is 13.0 Å². The Kier molecular flexibility index (Phi) is 5.45. The van der Waals surface area contributed by atoms with Gasteiger partial charge in [-0.25, -0.2) is 0 Å². The van der Waals surface area contributed by atoms with Crippen LogP contribution >= 0.6 is 22.9 Å². The second-order valence-corrected chi connectivity index (χ2v) is 5.01. The maximum absolute atomic E-state index is 5.70. The summed E-state index contributed by atoms with van der Waals surface area (Å²) < 4.78 is 5.46. The zero-order valence-electron chi connectivity index (χ0n) is 9.93. The van der Waals surface area contributed by atoms with Crippen LogP contribution in [0.15, 0.2) is 35.7 Å². The summed E-state index contributed by atoms with van der Waals surface area (Å²) in [5.41, 5.74) is 1.30. The summed E-state index contributed by atoms with van der Waals surface area (Å²) in [4.78, 5) is 4.02. The fourth-order valence-corrected chi connectivity index (χ4v) is 2.30. The van der Waals surface area contributed by atoms with Gasteiger partial charge >= 0.3 is 0 Å². The minimum Gasteiger partial charge on any atom is -0.470 e. The van der Waals surface area contributed by atoms with Gasteiger partial charge in [-0.3, -0.25) is 0 Å². The number of nitrogens with one attached hydrogen (secondary N) is 1. The highest BCUT2D eigenvalue weighted by Crippen LogP contribution is 2.21. The molecule has 0 spiro atoms. The van der Waals surface area contributed by atoms with E-state index in [0.717, 1.165) is 19.5 Å². The van der Waals surface area contributed by atoms with Crippen LogP contribution in [0.1, 0.15) is 12.0 Å². The number of hydrogen-bond acceptors (Lipinski definition) is 4. The Hall–Kier alpha value is -1.10. The lowest BCUT2D eigenvalue weighted by atomic mass is 10.2. The molecule has 1 aromatic carbocycles. The van der Waals surface area contributed by atoms with Crippen molar-refractivity contribution in [3.05, 3.63) is 46.4 Å². The van der Waals surface area contributed by atoms with E-state index in [1.807, 2.05) is 18.2 Å². The molecule has 0 aliphatic rings. The number of hydrogen-bond donors (Lipinski definition) is 1. The summed E-state index contributed by atoms with van der Waals surface area (Å²) in [7, 11) is 0. The van der Waals surface area contributed by atoms with E-state index < -0.39 is 0 Å². The van der Waals surface area contributed by atoms with Gasteiger partial charge in [0.25, 0.3) is 5.19 Å². The van der Waals surface area contributed by atoms with Crippen LogP contribution < -0.4 is 10.1 Å². The molecule has 2 rings (SSSR count). The summed E-state index contributed by atoms with van der Waals surface area (Å²) in [6, 6.07) is 10.3. The molecular formula is C13H15ClN2OS. The maximum Gasteiger partial charge on any atom is 0.274 e. The number of halogens is 1. The maximum atomic E-state index is 5.70. The van der Waals surface area contributed by atoms with Crippen molar-refractivity contribution in [3.63, 3.8) is 0 Å². The number of ether oxygens (including phenoxy) is 1. The van der Waals surface area contributed by atoms with Crippen LogP contribution in [-0.4, -0.2) is 18.1 Å². The predicted octanol–water partition coefficient (Wildman–Crippen LogP) is 3.36. The van der Waals surface area contributed by atoms with Crippen LogP contribution in [-0.2, 0) is 6.54 Å². The van der Waals surface area contributed by atoms with E-state index in [2.05, 4.69) is 22.4 Å². The Morgan fingerprint density at radius 2 is 2.11 bits per heavy atom. The smallest absolute Gasteiger partial charge is 0.274 e. The van der Waals surface area contributed by atoms with Crippen molar-refractivity contribution in [2.24, 2.45) is 0 Å². The zero-order chi connectivity index (χ0) is 12.6. The molecule has 0 radical (unpaired) electrons. The van der Waals surface area contributed by atoms with Crippen LogP contribution in [0.3, 0.4) is 0 Å². The molecule has 0 saturated carbocycles. The Balaban J connectivity index is 1.54. The van der Waals surface area contributed by atoms with Gasteiger partial charge in [-0.1, -0.05) is 53.3 Å². The average molecular weight is 283 g/mol. The van der Waals surface area contributed by atoms with E-state index in [4.69, 9.17) is 16.3 Å². The van der Waals surface area contributed by atoms with Gasteiger partial charge in [0.15, 0.2) is 0 Å². The first-order valence-corrected chi connectivity index (χ1v) is 7.09. The molecule has 0 aliphatic heterocycles. The first-order valence-electron chi connectivity index (χ1n) is 5.83. The Bertz CT molecular complexity index is 461. The lowest BCUT2D eigenvalue weighted by molar-refractivity contribution is 0.306. The standard InChI is InChI=1S/C13H15ClN2OS/c14-12-10-18-13(16-12)17-8-4-7-15-9-11-5-2-1-3-6-11/h1-3,5-6,10,15H,4,7-9H2. The molecule has 3 nitrogen and oxygen atoms in total. The third kappa shape index (κ3) is 4.64. The molecule has 18 heavy (non-hydrogen) atoms. The van der Waals surface area contributed by atoms with Gasteiger partial charge < -0.3 is 10.1 Å². The van der Waals surface area contributed by atoms with E-state index in [1.165, 1.54) is 16.9 Å². The van der Waals surface area contributed by atoms with Gasteiger partial charge in [0.05, 0.1) is 6.61 Å². The average Bonchev–Trinajstić information content (AvgIpc) is 2.81. The molecule has 2 aromatic rings. The molecule has 0 amide bonds. The summed E-state index contributed by atoms with van der Waals surface area (Å²) in [6.07, 6.45) is 0.948. The molecule has 0 bridgehead atoms. The Labute approximate surface area is 116 Å². The summed E-state index contributed by atoms with van der Waals surface area (Å²) in [5, 5.41) is 6.28. The zero-order valence-corrected chi connectivity index (χ0v) is 11.5. The topological polar surface area (TPSA) is 34.1 Å². The summed E-state index contributed by atoms with van der Waals surface area (Å²) in [5.74, 6) is 0. The molecule has 0 saturated heterocycles. The van der Waals surface area contributed by atoms with Gasteiger partial charge in [0.1, 0.15) is 5.15 Å².